The fraction of sp³-hybridized carbons (Fsp3) is 0.273. The van der Waals surface area contributed by atoms with Gasteiger partial charge in [-0.2, -0.15) is 0 Å². The van der Waals surface area contributed by atoms with Gasteiger partial charge in [-0.3, -0.25) is 0 Å². The molecule has 0 unspecified atom stereocenters. The molecule has 0 saturated carbocycles. The lowest BCUT2D eigenvalue weighted by molar-refractivity contribution is 0.227. The van der Waals surface area contributed by atoms with E-state index in [1.165, 1.54) is 11.3 Å². The zero-order valence-electron chi connectivity index (χ0n) is 8.17. The molecule has 2 rings (SSSR count). The molecule has 3 heteroatoms. The number of fused-ring (bicyclic) bond motifs is 1. The fourth-order valence-corrected chi connectivity index (χ4v) is 2.39. The Labute approximate surface area is 86.4 Å². The normalized spacial score (nSPS) is 12.2. The highest BCUT2D eigenvalue weighted by Gasteiger charge is 2.21. The van der Waals surface area contributed by atoms with Gasteiger partial charge in [-0.1, -0.05) is 0 Å². The van der Waals surface area contributed by atoms with Crippen LogP contribution >= 0.6 is 11.3 Å². The number of alkyl halides is 1. The third kappa shape index (κ3) is 1.60. The van der Waals surface area contributed by atoms with Gasteiger partial charge in [0.2, 0.25) is 0 Å². The Morgan fingerprint density at radius 1 is 1.29 bits per heavy atom. The fourth-order valence-electron chi connectivity index (χ4n) is 1.35. The second-order valence-corrected chi connectivity index (χ2v) is 4.96. The van der Waals surface area contributed by atoms with Gasteiger partial charge in [0.1, 0.15) is 5.67 Å². The number of hydrogen-bond acceptors (Lipinski definition) is 2. The van der Waals surface area contributed by atoms with E-state index in [1.54, 1.807) is 13.8 Å². The lowest BCUT2D eigenvalue weighted by Crippen LogP contribution is -2.05. The Morgan fingerprint density at radius 2 is 2.00 bits per heavy atom. The number of anilines is 1. The first-order valence-electron chi connectivity index (χ1n) is 4.45. The summed E-state index contributed by atoms with van der Waals surface area (Å²) in [5.41, 5.74) is 5.11. The maximum absolute atomic E-state index is 13.6. The second kappa shape index (κ2) is 2.95. The van der Waals surface area contributed by atoms with Gasteiger partial charge in [0.05, 0.1) is 0 Å². The van der Waals surface area contributed by atoms with E-state index in [4.69, 9.17) is 5.73 Å². The molecule has 0 aliphatic carbocycles. The Balaban J connectivity index is 2.63. The van der Waals surface area contributed by atoms with Crippen molar-refractivity contribution in [2.75, 3.05) is 5.73 Å². The minimum atomic E-state index is -1.27. The molecule has 1 aromatic heterocycles. The first-order valence-corrected chi connectivity index (χ1v) is 5.27. The minimum absolute atomic E-state index is 0.721. The zero-order chi connectivity index (χ0) is 10.3. The van der Waals surface area contributed by atoms with Gasteiger partial charge in [-0.15, -0.1) is 11.3 Å². The molecule has 0 fully saturated rings. The number of rotatable bonds is 1. The molecular formula is C11H12FNS. The van der Waals surface area contributed by atoms with Crippen molar-refractivity contribution in [2.24, 2.45) is 0 Å². The molecule has 0 aliphatic heterocycles. The van der Waals surface area contributed by atoms with E-state index in [0.29, 0.717) is 0 Å². The van der Waals surface area contributed by atoms with Crippen LogP contribution < -0.4 is 5.73 Å². The Bertz CT molecular complexity index is 468. The van der Waals surface area contributed by atoms with Gasteiger partial charge in [0.25, 0.3) is 0 Å². The highest BCUT2D eigenvalue weighted by molar-refractivity contribution is 7.19. The molecule has 0 radical (unpaired) electrons. The van der Waals surface area contributed by atoms with Crippen molar-refractivity contribution in [3.63, 3.8) is 0 Å². The maximum atomic E-state index is 13.6. The molecule has 2 aromatic rings. The van der Waals surface area contributed by atoms with Crippen LogP contribution in [0.3, 0.4) is 0 Å². The third-order valence-electron chi connectivity index (χ3n) is 2.13. The molecule has 1 heterocycles. The molecule has 1 aromatic carbocycles. The minimum Gasteiger partial charge on any atom is -0.399 e. The molecule has 0 amide bonds. The van der Waals surface area contributed by atoms with E-state index < -0.39 is 5.67 Å². The van der Waals surface area contributed by atoms with Gasteiger partial charge in [-0.05, 0) is 43.5 Å². The third-order valence-corrected chi connectivity index (χ3v) is 3.54. The summed E-state index contributed by atoms with van der Waals surface area (Å²) in [6, 6.07) is 7.52. The molecule has 0 atom stereocenters. The van der Waals surface area contributed by atoms with Crippen LogP contribution in [0.15, 0.2) is 24.3 Å². The summed E-state index contributed by atoms with van der Waals surface area (Å²) in [4.78, 5) is 0.748. The van der Waals surface area contributed by atoms with Gasteiger partial charge in [-0.25, -0.2) is 4.39 Å². The molecule has 2 N–H and O–H groups in total. The second-order valence-electron chi connectivity index (χ2n) is 3.88. The van der Waals surface area contributed by atoms with Crippen molar-refractivity contribution >= 4 is 27.1 Å². The highest BCUT2D eigenvalue weighted by atomic mass is 32.1. The number of nitrogen functional groups attached to an aromatic ring is 1. The summed E-state index contributed by atoms with van der Waals surface area (Å²) in [7, 11) is 0. The average molecular weight is 209 g/mol. The molecule has 0 spiro atoms. The van der Waals surface area contributed by atoms with Crippen LogP contribution in [0.2, 0.25) is 0 Å². The summed E-state index contributed by atoms with van der Waals surface area (Å²) in [6.07, 6.45) is 0. The standard InChI is InChI=1S/C11H12FNS/c1-11(2,12)10-6-7-5-8(13)3-4-9(7)14-10/h3-6H,13H2,1-2H3. The van der Waals surface area contributed by atoms with Crippen LogP contribution in [-0.4, -0.2) is 0 Å². The SMILES string of the molecule is CC(C)(F)c1cc2cc(N)ccc2s1. The quantitative estimate of drug-likeness (QED) is 0.712. The maximum Gasteiger partial charge on any atom is 0.139 e. The Hall–Kier alpha value is -1.09. The number of benzene rings is 1. The van der Waals surface area contributed by atoms with E-state index in [9.17, 15) is 4.39 Å². The van der Waals surface area contributed by atoms with Crippen molar-refractivity contribution in [3.05, 3.63) is 29.1 Å². The number of hydrogen-bond donors (Lipinski definition) is 1. The van der Waals surface area contributed by atoms with Crippen molar-refractivity contribution in [3.8, 4) is 0 Å². The van der Waals surface area contributed by atoms with Gasteiger partial charge >= 0.3 is 0 Å². The highest BCUT2D eigenvalue weighted by Crippen LogP contribution is 2.35. The van der Waals surface area contributed by atoms with Gasteiger partial charge < -0.3 is 5.73 Å². The van der Waals surface area contributed by atoms with Crippen molar-refractivity contribution in [1.82, 2.24) is 0 Å². The zero-order valence-corrected chi connectivity index (χ0v) is 8.99. The predicted octanol–water partition coefficient (Wildman–Crippen LogP) is 3.69. The lowest BCUT2D eigenvalue weighted by Gasteiger charge is -2.09. The first-order chi connectivity index (χ1) is 6.47. The van der Waals surface area contributed by atoms with E-state index in [2.05, 4.69) is 0 Å². The summed E-state index contributed by atoms with van der Waals surface area (Å²) in [5.74, 6) is 0. The van der Waals surface area contributed by atoms with Crippen LogP contribution in [0.5, 0.6) is 0 Å². The van der Waals surface area contributed by atoms with Crippen molar-refractivity contribution < 1.29 is 4.39 Å². The van der Waals surface area contributed by atoms with E-state index in [-0.39, 0.29) is 0 Å². The molecule has 0 aliphatic rings. The van der Waals surface area contributed by atoms with Crippen molar-refractivity contribution in [1.29, 1.82) is 0 Å². The number of thiophene rings is 1. The summed E-state index contributed by atoms with van der Waals surface area (Å²) >= 11 is 1.48. The molecule has 14 heavy (non-hydrogen) atoms. The van der Waals surface area contributed by atoms with Crippen LogP contribution in [0.25, 0.3) is 10.1 Å². The van der Waals surface area contributed by atoms with Crippen LogP contribution in [0, 0.1) is 0 Å². The van der Waals surface area contributed by atoms with Crippen molar-refractivity contribution in [2.45, 2.75) is 19.5 Å². The molecule has 1 nitrogen and oxygen atoms in total. The van der Waals surface area contributed by atoms with Crippen LogP contribution in [0.4, 0.5) is 10.1 Å². The molecule has 0 bridgehead atoms. The number of nitrogens with two attached hydrogens (primary N) is 1. The Morgan fingerprint density at radius 3 is 2.64 bits per heavy atom. The topological polar surface area (TPSA) is 26.0 Å². The van der Waals surface area contributed by atoms with E-state index in [1.807, 2.05) is 24.3 Å². The molecule has 0 saturated heterocycles. The van der Waals surface area contributed by atoms with Gasteiger partial charge in [0.15, 0.2) is 0 Å². The molecular weight excluding hydrogens is 197 g/mol. The van der Waals surface area contributed by atoms with E-state index >= 15 is 0 Å². The average Bonchev–Trinajstić information content (AvgIpc) is 2.45. The predicted molar refractivity (Wildman–Crippen MR) is 60.4 cm³/mol. The monoisotopic (exact) mass is 209 g/mol. The molecule has 74 valence electrons. The number of halogens is 1. The first kappa shape index (κ1) is 9.46. The summed E-state index contributed by atoms with van der Waals surface area (Å²) in [6.45, 7) is 3.14. The lowest BCUT2D eigenvalue weighted by atomic mass is 10.1. The smallest absolute Gasteiger partial charge is 0.139 e. The Kier molecular flexibility index (Phi) is 2.00. The summed E-state index contributed by atoms with van der Waals surface area (Å²) in [5, 5.41) is 1.02. The van der Waals surface area contributed by atoms with Crippen LogP contribution in [-0.2, 0) is 5.67 Å². The van der Waals surface area contributed by atoms with Crippen LogP contribution in [0.1, 0.15) is 18.7 Å². The summed E-state index contributed by atoms with van der Waals surface area (Å²) < 4.78 is 14.7. The van der Waals surface area contributed by atoms with Gasteiger partial charge in [0, 0.05) is 15.3 Å². The largest absolute Gasteiger partial charge is 0.399 e. The van der Waals surface area contributed by atoms with E-state index in [0.717, 1.165) is 20.7 Å².